The molecule has 2 unspecified atom stereocenters. The van der Waals surface area contributed by atoms with E-state index < -0.39 is 0 Å². The zero-order valence-electron chi connectivity index (χ0n) is 13.7. The van der Waals surface area contributed by atoms with Crippen molar-refractivity contribution in [1.82, 2.24) is 20.0 Å². The van der Waals surface area contributed by atoms with Crippen LogP contribution in [-0.4, -0.2) is 39.9 Å². The summed E-state index contributed by atoms with van der Waals surface area (Å²) in [6, 6.07) is 1.47. The van der Waals surface area contributed by atoms with Crippen LogP contribution in [0.1, 0.15) is 51.3 Å². The van der Waals surface area contributed by atoms with Gasteiger partial charge in [0.2, 0.25) is 0 Å². The number of hydrogen-bond donors (Lipinski definition) is 1. The van der Waals surface area contributed by atoms with Crippen LogP contribution in [-0.2, 0) is 19.0 Å². The van der Waals surface area contributed by atoms with Gasteiger partial charge in [-0.25, -0.2) is 0 Å². The van der Waals surface area contributed by atoms with Crippen LogP contribution < -0.4 is 5.32 Å². The highest BCUT2D eigenvalue weighted by Gasteiger charge is 2.30. The third-order valence-corrected chi connectivity index (χ3v) is 4.62. The molecule has 5 heteroatoms. The number of fused-ring (bicyclic) bond motifs is 2. The van der Waals surface area contributed by atoms with E-state index in [-0.39, 0.29) is 17.8 Å². The molecule has 2 fully saturated rings. The Labute approximate surface area is 134 Å². The second-order valence-corrected chi connectivity index (χ2v) is 7.59. The maximum Gasteiger partial charge on any atom is 0.0722 e. The van der Waals surface area contributed by atoms with E-state index in [1.807, 2.05) is 11.7 Å². The van der Waals surface area contributed by atoms with Gasteiger partial charge in [-0.1, -0.05) is 20.8 Å². The zero-order chi connectivity index (χ0) is 14.3. The second-order valence-electron chi connectivity index (χ2n) is 7.59. The molecule has 0 aromatic carbocycles. The van der Waals surface area contributed by atoms with Crippen molar-refractivity contribution in [3.05, 3.63) is 17.5 Å². The van der Waals surface area contributed by atoms with E-state index in [1.54, 1.807) is 0 Å². The maximum atomic E-state index is 4.69. The Morgan fingerprint density at radius 2 is 1.95 bits per heavy atom. The van der Waals surface area contributed by atoms with Crippen molar-refractivity contribution in [3.8, 4) is 0 Å². The molecule has 21 heavy (non-hydrogen) atoms. The van der Waals surface area contributed by atoms with Gasteiger partial charge in [-0.3, -0.25) is 9.58 Å². The molecule has 4 nitrogen and oxygen atoms in total. The van der Waals surface area contributed by atoms with Gasteiger partial charge in [0.25, 0.3) is 0 Å². The number of aryl methyl sites for hydroxylation is 1. The van der Waals surface area contributed by atoms with Crippen molar-refractivity contribution in [3.63, 3.8) is 0 Å². The van der Waals surface area contributed by atoms with Crippen molar-refractivity contribution in [2.24, 2.45) is 7.05 Å². The molecule has 2 atom stereocenters. The molecule has 1 aromatic heterocycles. The number of nitrogens with zero attached hydrogens (tertiary/aromatic N) is 3. The minimum Gasteiger partial charge on any atom is -0.310 e. The van der Waals surface area contributed by atoms with Crippen molar-refractivity contribution >= 4 is 12.4 Å². The largest absolute Gasteiger partial charge is 0.310 e. The topological polar surface area (TPSA) is 33.1 Å². The van der Waals surface area contributed by atoms with Crippen LogP contribution in [0.15, 0.2) is 6.20 Å². The molecule has 2 saturated heterocycles. The Kier molecular flexibility index (Phi) is 5.01. The minimum absolute atomic E-state index is 0. The minimum atomic E-state index is 0. The average Bonchev–Trinajstić information content (AvgIpc) is 2.85. The fourth-order valence-corrected chi connectivity index (χ4v) is 3.68. The van der Waals surface area contributed by atoms with Crippen LogP contribution in [0.3, 0.4) is 0 Å². The SMILES string of the molecule is Cl.Cn1cc(CN2CCC3CCC(C2)N3)c(C(C)(C)C)n1. The van der Waals surface area contributed by atoms with Crippen LogP contribution >= 0.6 is 12.4 Å². The molecule has 0 saturated carbocycles. The van der Waals surface area contributed by atoms with Crippen molar-refractivity contribution in [2.75, 3.05) is 13.1 Å². The van der Waals surface area contributed by atoms with E-state index in [1.165, 1.54) is 43.6 Å². The fraction of sp³-hybridized carbons (Fsp3) is 0.812. The summed E-state index contributed by atoms with van der Waals surface area (Å²) in [5, 5.41) is 8.45. The Morgan fingerprint density at radius 3 is 2.67 bits per heavy atom. The van der Waals surface area contributed by atoms with Gasteiger partial charge in [0, 0.05) is 55.9 Å². The lowest BCUT2D eigenvalue weighted by atomic mass is 9.89. The number of aromatic nitrogens is 2. The summed E-state index contributed by atoms with van der Waals surface area (Å²) in [7, 11) is 2.03. The smallest absolute Gasteiger partial charge is 0.0722 e. The normalized spacial score (nSPS) is 26.5. The van der Waals surface area contributed by atoms with Crippen molar-refractivity contribution in [1.29, 1.82) is 0 Å². The summed E-state index contributed by atoms with van der Waals surface area (Å²) in [5.74, 6) is 0. The first kappa shape index (κ1) is 16.8. The van der Waals surface area contributed by atoms with Gasteiger partial charge in [-0.15, -0.1) is 12.4 Å². The van der Waals surface area contributed by atoms with Gasteiger partial charge in [0.05, 0.1) is 5.69 Å². The molecule has 1 N–H and O–H groups in total. The Morgan fingerprint density at radius 1 is 1.24 bits per heavy atom. The number of rotatable bonds is 2. The van der Waals surface area contributed by atoms with Crippen molar-refractivity contribution < 1.29 is 0 Å². The molecule has 3 heterocycles. The molecule has 120 valence electrons. The molecule has 0 aliphatic carbocycles. The number of halogens is 1. The molecule has 3 rings (SSSR count). The summed E-state index contributed by atoms with van der Waals surface area (Å²) < 4.78 is 1.97. The summed E-state index contributed by atoms with van der Waals surface area (Å²) in [5.41, 5.74) is 2.78. The first-order valence-corrected chi connectivity index (χ1v) is 7.93. The fourth-order valence-electron chi connectivity index (χ4n) is 3.68. The monoisotopic (exact) mass is 312 g/mol. The standard InChI is InChI=1S/C16H28N4.ClH/c1-16(2,3)15-12(9-19(4)18-15)10-20-8-7-13-5-6-14(11-20)17-13;/h9,13-14,17H,5-8,10-11H2,1-4H3;1H. The molecule has 0 amide bonds. The molecule has 2 aliphatic heterocycles. The predicted octanol–water partition coefficient (Wildman–Crippen LogP) is 2.47. The van der Waals surface area contributed by atoms with Gasteiger partial charge in [-0.05, 0) is 19.3 Å². The first-order valence-electron chi connectivity index (χ1n) is 7.93. The van der Waals surface area contributed by atoms with Crippen LogP contribution in [0.4, 0.5) is 0 Å². The van der Waals surface area contributed by atoms with E-state index in [4.69, 9.17) is 5.10 Å². The first-order chi connectivity index (χ1) is 9.41. The molecular formula is C16H29ClN4. The van der Waals surface area contributed by atoms with E-state index in [0.29, 0.717) is 6.04 Å². The Hall–Kier alpha value is -0.580. The number of likely N-dealkylation sites (tertiary alicyclic amines) is 1. The third-order valence-electron chi connectivity index (χ3n) is 4.62. The van der Waals surface area contributed by atoms with E-state index in [9.17, 15) is 0 Å². The maximum absolute atomic E-state index is 4.69. The van der Waals surface area contributed by atoms with Crippen molar-refractivity contribution in [2.45, 2.75) is 64.1 Å². The predicted molar refractivity (Wildman–Crippen MR) is 89.0 cm³/mol. The van der Waals surface area contributed by atoms with E-state index >= 15 is 0 Å². The molecule has 1 aromatic rings. The van der Waals surface area contributed by atoms with Gasteiger partial charge >= 0.3 is 0 Å². The lowest BCUT2D eigenvalue weighted by Gasteiger charge is -2.25. The molecule has 2 aliphatic rings. The zero-order valence-corrected chi connectivity index (χ0v) is 14.5. The Balaban J connectivity index is 0.00000161. The third kappa shape index (κ3) is 3.79. The summed E-state index contributed by atoms with van der Waals surface area (Å²) in [6.45, 7) is 10.2. The van der Waals surface area contributed by atoms with Gasteiger partial charge < -0.3 is 5.32 Å². The summed E-state index contributed by atoms with van der Waals surface area (Å²) in [4.78, 5) is 2.61. The molecular weight excluding hydrogens is 284 g/mol. The average molecular weight is 313 g/mol. The Bertz CT molecular complexity index is 477. The molecule has 0 spiro atoms. The molecule has 0 radical (unpaired) electrons. The summed E-state index contributed by atoms with van der Waals surface area (Å²) in [6.07, 6.45) is 6.22. The van der Waals surface area contributed by atoms with Crippen LogP contribution in [0.25, 0.3) is 0 Å². The molecule has 2 bridgehead atoms. The lowest BCUT2D eigenvalue weighted by Crippen LogP contribution is -2.35. The number of hydrogen-bond acceptors (Lipinski definition) is 3. The van der Waals surface area contributed by atoms with Crippen LogP contribution in [0.2, 0.25) is 0 Å². The van der Waals surface area contributed by atoms with Gasteiger partial charge in [0.15, 0.2) is 0 Å². The van der Waals surface area contributed by atoms with Gasteiger partial charge in [0.1, 0.15) is 0 Å². The highest BCUT2D eigenvalue weighted by molar-refractivity contribution is 5.85. The number of nitrogens with one attached hydrogen (secondary N) is 1. The van der Waals surface area contributed by atoms with E-state index in [2.05, 4.69) is 37.2 Å². The highest BCUT2D eigenvalue weighted by Crippen LogP contribution is 2.27. The van der Waals surface area contributed by atoms with E-state index in [0.717, 1.165) is 12.6 Å². The quantitative estimate of drug-likeness (QED) is 0.910. The second kappa shape index (κ2) is 6.27. The lowest BCUT2D eigenvalue weighted by molar-refractivity contribution is 0.249. The van der Waals surface area contributed by atoms with Crippen LogP contribution in [0.5, 0.6) is 0 Å². The highest BCUT2D eigenvalue weighted by atomic mass is 35.5. The van der Waals surface area contributed by atoms with Crippen LogP contribution in [0, 0.1) is 0 Å². The van der Waals surface area contributed by atoms with Gasteiger partial charge in [-0.2, -0.15) is 5.10 Å². The summed E-state index contributed by atoms with van der Waals surface area (Å²) >= 11 is 0.